The molecule has 7 heteroatoms. The number of nitrogens with zero attached hydrogens (tertiary/aromatic N) is 3. The van der Waals surface area contributed by atoms with E-state index in [0.29, 0.717) is 11.8 Å². The van der Waals surface area contributed by atoms with E-state index in [9.17, 15) is 4.79 Å². The van der Waals surface area contributed by atoms with Gasteiger partial charge in [0.25, 0.3) is 0 Å². The normalized spacial score (nSPS) is 18.8. The van der Waals surface area contributed by atoms with Crippen LogP contribution in [0.5, 0.6) is 0 Å². The SMILES string of the molecule is O=C(CSC(=S)N1CCCC1)Nc1ccnn1C1CCCC1. The Morgan fingerprint density at radius 1 is 1.32 bits per heavy atom. The Morgan fingerprint density at radius 3 is 2.77 bits per heavy atom. The van der Waals surface area contributed by atoms with Gasteiger partial charge in [0.15, 0.2) is 0 Å². The number of thiocarbonyl (C=S) groups is 1. The van der Waals surface area contributed by atoms with Crippen molar-refractivity contribution in [3.05, 3.63) is 12.3 Å². The van der Waals surface area contributed by atoms with E-state index in [1.165, 1.54) is 37.4 Å². The van der Waals surface area contributed by atoms with E-state index in [1.807, 2.05) is 10.7 Å². The molecule has 0 spiro atoms. The Balaban J connectivity index is 1.49. The quantitative estimate of drug-likeness (QED) is 0.855. The minimum Gasteiger partial charge on any atom is -0.358 e. The van der Waals surface area contributed by atoms with Gasteiger partial charge in [0.05, 0.1) is 18.0 Å². The molecule has 1 amide bonds. The lowest BCUT2D eigenvalue weighted by Gasteiger charge is -2.18. The minimum atomic E-state index is -0.00806. The van der Waals surface area contributed by atoms with Gasteiger partial charge in [-0.3, -0.25) is 4.79 Å². The van der Waals surface area contributed by atoms with Gasteiger partial charge in [0.2, 0.25) is 5.91 Å². The van der Waals surface area contributed by atoms with Crippen LogP contribution in [0.3, 0.4) is 0 Å². The van der Waals surface area contributed by atoms with Crippen molar-refractivity contribution in [2.45, 2.75) is 44.6 Å². The van der Waals surface area contributed by atoms with Crippen molar-refractivity contribution in [1.29, 1.82) is 0 Å². The highest BCUT2D eigenvalue weighted by atomic mass is 32.2. The van der Waals surface area contributed by atoms with Gasteiger partial charge in [-0.05, 0) is 25.7 Å². The second kappa shape index (κ2) is 7.46. The third kappa shape index (κ3) is 3.81. The largest absolute Gasteiger partial charge is 0.358 e. The molecule has 2 aliphatic rings. The summed E-state index contributed by atoms with van der Waals surface area (Å²) >= 11 is 6.84. The van der Waals surface area contributed by atoms with Gasteiger partial charge in [-0.1, -0.05) is 36.8 Å². The number of aromatic nitrogens is 2. The van der Waals surface area contributed by atoms with Gasteiger partial charge in [-0.15, -0.1) is 0 Å². The molecular formula is C15H22N4OS2. The molecule has 120 valence electrons. The molecule has 22 heavy (non-hydrogen) atoms. The second-order valence-electron chi connectivity index (χ2n) is 5.90. The zero-order valence-corrected chi connectivity index (χ0v) is 14.3. The number of amides is 1. The van der Waals surface area contributed by atoms with Crippen LogP contribution in [0.2, 0.25) is 0 Å². The summed E-state index contributed by atoms with van der Waals surface area (Å²) in [5.74, 6) is 1.17. The predicted molar refractivity (Wildman–Crippen MR) is 94.2 cm³/mol. The Labute approximate surface area is 140 Å². The average Bonchev–Trinajstić information content (AvgIpc) is 3.24. The number of carbonyl (C=O) groups excluding carboxylic acids is 1. The standard InChI is InChI=1S/C15H22N4OS2/c20-14(11-22-15(21)18-9-3-4-10-18)17-13-7-8-16-19(13)12-5-1-2-6-12/h7-8,12H,1-6,9-11H2,(H,17,20). The predicted octanol–water partition coefficient (Wildman–Crippen LogP) is 3.05. The van der Waals surface area contributed by atoms with E-state index in [4.69, 9.17) is 12.2 Å². The van der Waals surface area contributed by atoms with Crippen LogP contribution in [-0.4, -0.2) is 43.8 Å². The van der Waals surface area contributed by atoms with Gasteiger partial charge in [-0.2, -0.15) is 5.10 Å². The van der Waals surface area contributed by atoms with Crippen LogP contribution in [0.1, 0.15) is 44.6 Å². The maximum absolute atomic E-state index is 12.1. The third-order valence-electron chi connectivity index (χ3n) is 4.30. The van der Waals surface area contributed by atoms with Crippen molar-refractivity contribution in [2.24, 2.45) is 0 Å². The van der Waals surface area contributed by atoms with Gasteiger partial charge in [0.1, 0.15) is 10.1 Å². The fraction of sp³-hybridized carbons (Fsp3) is 0.667. The number of nitrogens with one attached hydrogen (secondary N) is 1. The van der Waals surface area contributed by atoms with E-state index in [2.05, 4.69) is 15.3 Å². The number of rotatable bonds is 4. The lowest BCUT2D eigenvalue weighted by Crippen LogP contribution is -2.26. The first-order chi connectivity index (χ1) is 10.7. The Hall–Kier alpha value is -1.08. The summed E-state index contributed by atoms with van der Waals surface area (Å²) in [6.07, 6.45) is 8.96. The molecule has 1 aromatic heterocycles. The van der Waals surface area contributed by atoms with Gasteiger partial charge < -0.3 is 10.2 Å². The van der Waals surface area contributed by atoms with Crippen molar-refractivity contribution in [3.8, 4) is 0 Å². The van der Waals surface area contributed by atoms with Crippen molar-refractivity contribution in [1.82, 2.24) is 14.7 Å². The first-order valence-electron chi connectivity index (χ1n) is 7.99. The molecule has 0 aromatic carbocycles. The summed E-state index contributed by atoms with van der Waals surface area (Å²) in [5, 5.41) is 7.35. The molecule has 1 saturated carbocycles. The Bertz CT molecular complexity index is 533. The molecule has 3 rings (SSSR count). The average molecular weight is 339 g/mol. The van der Waals surface area contributed by atoms with Crippen LogP contribution in [0.15, 0.2) is 12.3 Å². The summed E-state index contributed by atoms with van der Waals surface area (Å²) in [6.45, 7) is 2.06. The molecule has 1 saturated heterocycles. The van der Waals surface area contributed by atoms with E-state index in [-0.39, 0.29) is 5.91 Å². The highest BCUT2D eigenvalue weighted by Crippen LogP contribution is 2.31. The number of hydrogen-bond acceptors (Lipinski definition) is 4. The molecule has 2 fully saturated rings. The number of likely N-dealkylation sites (tertiary alicyclic amines) is 1. The van der Waals surface area contributed by atoms with Crippen LogP contribution < -0.4 is 5.32 Å². The van der Waals surface area contributed by atoms with Gasteiger partial charge in [-0.25, -0.2) is 4.68 Å². The van der Waals surface area contributed by atoms with E-state index >= 15 is 0 Å². The van der Waals surface area contributed by atoms with Crippen LogP contribution in [0.25, 0.3) is 0 Å². The van der Waals surface area contributed by atoms with Gasteiger partial charge >= 0.3 is 0 Å². The molecule has 1 N–H and O–H groups in total. The lowest BCUT2D eigenvalue weighted by atomic mass is 10.2. The molecule has 5 nitrogen and oxygen atoms in total. The third-order valence-corrected chi connectivity index (χ3v) is 5.82. The molecule has 1 aliphatic heterocycles. The van der Waals surface area contributed by atoms with E-state index in [1.54, 1.807) is 6.20 Å². The lowest BCUT2D eigenvalue weighted by molar-refractivity contribution is -0.113. The topological polar surface area (TPSA) is 50.2 Å². The summed E-state index contributed by atoms with van der Waals surface area (Å²) in [4.78, 5) is 14.3. The number of anilines is 1. The van der Waals surface area contributed by atoms with Crippen LogP contribution in [0, 0.1) is 0 Å². The zero-order valence-electron chi connectivity index (χ0n) is 12.7. The van der Waals surface area contributed by atoms with Crippen molar-refractivity contribution in [3.63, 3.8) is 0 Å². The molecule has 1 aromatic rings. The number of thioether (sulfide) groups is 1. The summed E-state index contributed by atoms with van der Waals surface area (Å²) in [6, 6.07) is 2.31. The Morgan fingerprint density at radius 2 is 2.05 bits per heavy atom. The minimum absolute atomic E-state index is 0.00806. The summed E-state index contributed by atoms with van der Waals surface area (Å²) in [5.41, 5.74) is 0. The van der Waals surface area contributed by atoms with Crippen LogP contribution >= 0.6 is 24.0 Å². The Kier molecular flexibility index (Phi) is 5.36. The van der Waals surface area contributed by atoms with Crippen LogP contribution in [0.4, 0.5) is 5.82 Å². The molecule has 1 aliphatic carbocycles. The fourth-order valence-corrected chi connectivity index (χ4v) is 4.20. The molecule has 0 atom stereocenters. The van der Waals surface area contributed by atoms with E-state index < -0.39 is 0 Å². The van der Waals surface area contributed by atoms with E-state index in [0.717, 1.165) is 36.1 Å². The molecule has 0 bridgehead atoms. The molecule has 2 heterocycles. The molecular weight excluding hydrogens is 316 g/mol. The summed E-state index contributed by atoms with van der Waals surface area (Å²) < 4.78 is 2.81. The maximum atomic E-state index is 12.1. The fourth-order valence-electron chi connectivity index (χ4n) is 3.15. The zero-order chi connectivity index (χ0) is 15.4. The van der Waals surface area contributed by atoms with Crippen LogP contribution in [-0.2, 0) is 4.79 Å². The first kappa shape index (κ1) is 15.8. The first-order valence-corrected chi connectivity index (χ1v) is 9.38. The molecule has 0 radical (unpaired) electrons. The number of carbonyl (C=O) groups is 1. The smallest absolute Gasteiger partial charge is 0.235 e. The highest BCUT2D eigenvalue weighted by molar-refractivity contribution is 8.23. The van der Waals surface area contributed by atoms with Crippen molar-refractivity contribution >= 4 is 40.0 Å². The van der Waals surface area contributed by atoms with Crippen molar-refractivity contribution < 1.29 is 4.79 Å². The number of hydrogen-bond donors (Lipinski definition) is 1. The molecule has 0 unspecified atom stereocenters. The second-order valence-corrected chi connectivity index (χ2v) is 7.51. The summed E-state index contributed by atoms with van der Waals surface area (Å²) in [7, 11) is 0. The van der Waals surface area contributed by atoms with Crippen molar-refractivity contribution in [2.75, 3.05) is 24.2 Å². The maximum Gasteiger partial charge on any atom is 0.235 e. The monoisotopic (exact) mass is 338 g/mol. The van der Waals surface area contributed by atoms with Gasteiger partial charge in [0, 0.05) is 19.2 Å². The highest BCUT2D eigenvalue weighted by Gasteiger charge is 2.21.